The molecule has 1 aliphatic heterocycles. The van der Waals surface area contributed by atoms with Crippen LogP contribution in [-0.2, 0) is 14.3 Å². The van der Waals surface area contributed by atoms with E-state index in [-0.39, 0.29) is 18.6 Å². The van der Waals surface area contributed by atoms with E-state index in [1.54, 1.807) is 6.92 Å². The van der Waals surface area contributed by atoms with Gasteiger partial charge in [-0.3, -0.25) is 0 Å². The number of carboxylic acid groups (broad SMARTS) is 1. The van der Waals surface area contributed by atoms with Gasteiger partial charge in [-0.25, -0.2) is 9.59 Å². The maximum Gasteiger partial charge on any atom is 0.405 e. The lowest BCUT2D eigenvalue weighted by molar-refractivity contribution is -0.161. The Hall–Kier alpha value is -1.34. The van der Waals surface area contributed by atoms with E-state index in [1.807, 2.05) is 13.8 Å². The molecule has 0 bridgehead atoms. The summed E-state index contributed by atoms with van der Waals surface area (Å²) in [5.74, 6) is -0.144. The summed E-state index contributed by atoms with van der Waals surface area (Å²) in [6.07, 6.45) is 0.351. The number of hydrogen-bond acceptors (Lipinski definition) is 5. The van der Waals surface area contributed by atoms with Crippen molar-refractivity contribution in [1.82, 2.24) is 5.32 Å². The fourth-order valence-electron chi connectivity index (χ4n) is 2.91. The fourth-order valence-corrected chi connectivity index (χ4v) is 2.91. The largest absolute Gasteiger partial charge is 0.465 e. The molecule has 0 aliphatic carbocycles. The van der Waals surface area contributed by atoms with Gasteiger partial charge < -0.3 is 25.0 Å². The molecule has 0 aromatic carbocycles. The number of ether oxygens (including phenoxy) is 2. The van der Waals surface area contributed by atoms with E-state index in [2.05, 4.69) is 5.32 Å². The van der Waals surface area contributed by atoms with Gasteiger partial charge in [0.15, 0.2) is 0 Å². The topological polar surface area (TPSA) is 105 Å². The average molecular weight is 331 g/mol. The molecular weight excluding hydrogens is 302 g/mol. The zero-order valence-electron chi connectivity index (χ0n) is 14.2. The van der Waals surface area contributed by atoms with Crippen molar-refractivity contribution in [3.8, 4) is 0 Å². The fraction of sp³-hybridized carbons (Fsp3) is 0.875. The van der Waals surface area contributed by atoms with Crippen LogP contribution >= 0.6 is 0 Å². The van der Waals surface area contributed by atoms with E-state index in [0.29, 0.717) is 31.8 Å². The van der Waals surface area contributed by atoms with Crippen molar-refractivity contribution in [3.05, 3.63) is 0 Å². The zero-order chi connectivity index (χ0) is 17.4. The number of nitrogens with one attached hydrogen (secondary N) is 1. The molecule has 0 aromatic heterocycles. The van der Waals surface area contributed by atoms with Gasteiger partial charge in [-0.05, 0) is 38.0 Å². The van der Waals surface area contributed by atoms with E-state index in [0.717, 1.165) is 6.42 Å². The third-order valence-electron chi connectivity index (χ3n) is 4.00. The second-order valence-electron chi connectivity index (χ2n) is 6.54. The molecule has 0 spiro atoms. The smallest absolute Gasteiger partial charge is 0.405 e. The number of carbonyl (C=O) groups excluding carboxylic acids is 1. The standard InChI is InChI=1S/C16H29NO6/c1-10(2)9-22-14-11(3)23-15(19)13(17-16(20)21)6-4-5-12(14)7-8-18/h10-14,17-18H,4-9H2,1-3H3,(H,20,21)/t11-,12+,13-,14-/m0/s1. The van der Waals surface area contributed by atoms with E-state index < -0.39 is 24.2 Å². The summed E-state index contributed by atoms with van der Waals surface area (Å²) in [7, 11) is 0. The minimum Gasteiger partial charge on any atom is -0.465 e. The van der Waals surface area contributed by atoms with Crippen molar-refractivity contribution in [2.24, 2.45) is 11.8 Å². The summed E-state index contributed by atoms with van der Waals surface area (Å²) in [6.45, 7) is 6.44. The SMILES string of the molecule is CC(C)CO[C@@H]1[C@@H](CCO)CCC[C@H](NC(=O)O)C(=O)O[C@H]1C. The van der Waals surface area contributed by atoms with Crippen LogP contribution in [0, 0.1) is 11.8 Å². The molecular formula is C16H29NO6. The molecule has 1 fully saturated rings. The van der Waals surface area contributed by atoms with E-state index in [9.17, 15) is 14.7 Å². The van der Waals surface area contributed by atoms with Crippen molar-refractivity contribution < 1.29 is 29.3 Å². The van der Waals surface area contributed by atoms with Gasteiger partial charge in [-0.15, -0.1) is 0 Å². The normalized spacial score (nSPS) is 29.3. The van der Waals surface area contributed by atoms with Crippen LogP contribution in [0.3, 0.4) is 0 Å². The first-order valence-electron chi connectivity index (χ1n) is 8.27. The van der Waals surface area contributed by atoms with Crippen LogP contribution in [0.1, 0.15) is 46.5 Å². The molecule has 0 saturated carbocycles. The molecule has 1 aliphatic rings. The maximum absolute atomic E-state index is 12.2. The van der Waals surface area contributed by atoms with Crippen LogP contribution in [0.5, 0.6) is 0 Å². The van der Waals surface area contributed by atoms with Crippen molar-refractivity contribution in [1.29, 1.82) is 0 Å². The molecule has 134 valence electrons. The second kappa shape index (κ2) is 9.72. The van der Waals surface area contributed by atoms with E-state index >= 15 is 0 Å². The summed E-state index contributed by atoms with van der Waals surface area (Å²) in [5, 5.41) is 20.4. The first-order chi connectivity index (χ1) is 10.8. The highest BCUT2D eigenvalue weighted by Crippen LogP contribution is 2.27. The Morgan fingerprint density at radius 1 is 1.43 bits per heavy atom. The number of carbonyl (C=O) groups is 2. The molecule has 1 heterocycles. The van der Waals surface area contributed by atoms with E-state index in [4.69, 9.17) is 14.6 Å². The molecule has 1 amide bonds. The predicted molar refractivity (Wildman–Crippen MR) is 84.1 cm³/mol. The van der Waals surface area contributed by atoms with Crippen LogP contribution in [0.15, 0.2) is 0 Å². The van der Waals surface area contributed by atoms with Crippen LogP contribution < -0.4 is 5.32 Å². The first-order valence-corrected chi connectivity index (χ1v) is 8.27. The second-order valence-corrected chi connectivity index (χ2v) is 6.54. The highest BCUT2D eigenvalue weighted by atomic mass is 16.6. The molecule has 1 rings (SSSR count). The average Bonchev–Trinajstić information content (AvgIpc) is 2.49. The van der Waals surface area contributed by atoms with Crippen molar-refractivity contribution >= 4 is 12.1 Å². The minimum absolute atomic E-state index is 0.0453. The number of aliphatic hydroxyl groups excluding tert-OH is 1. The van der Waals surface area contributed by atoms with Gasteiger partial charge >= 0.3 is 12.1 Å². The van der Waals surface area contributed by atoms with Gasteiger partial charge in [0.05, 0.1) is 6.10 Å². The van der Waals surface area contributed by atoms with Crippen molar-refractivity contribution in [3.63, 3.8) is 0 Å². The highest BCUT2D eigenvalue weighted by Gasteiger charge is 2.34. The summed E-state index contributed by atoms with van der Waals surface area (Å²) >= 11 is 0. The van der Waals surface area contributed by atoms with Crippen LogP contribution in [0.25, 0.3) is 0 Å². The highest BCUT2D eigenvalue weighted by molar-refractivity contribution is 5.80. The minimum atomic E-state index is -1.24. The summed E-state index contributed by atoms with van der Waals surface area (Å²) in [5.41, 5.74) is 0. The number of esters is 1. The Bertz CT molecular complexity index is 387. The lowest BCUT2D eigenvalue weighted by Crippen LogP contribution is -2.44. The third kappa shape index (κ3) is 6.74. The Morgan fingerprint density at radius 3 is 2.70 bits per heavy atom. The number of rotatable bonds is 6. The molecule has 7 nitrogen and oxygen atoms in total. The van der Waals surface area contributed by atoms with Gasteiger partial charge in [-0.2, -0.15) is 0 Å². The molecule has 23 heavy (non-hydrogen) atoms. The summed E-state index contributed by atoms with van der Waals surface area (Å²) < 4.78 is 11.4. The predicted octanol–water partition coefficient (Wildman–Crippen LogP) is 1.78. The number of amides is 1. The van der Waals surface area contributed by atoms with Crippen LogP contribution in [0.4, 0.5) is 4.79 Å². The molecule has 7 heteroatoms. The number of hydrogen-bond donors (Lipinski definition) is 3. The lowest BCUT2D eigenvalue weighted by Gasteiger charge is -2.31. The van der Waals surface area contributed by atoms with Gasteiger partial charge in [0, 0.05) is 13.2 Å². The first kappa shape index (κ1) is 19.7. The Kier molecular flexibility index (Phi) is 8.33. The monoisotopic (exact) mass is 331 g/mol. The van der Waals surface area contributed by atoms with Crippen LogP contribution in [0.2, 0.25) is 0 Å². The molecule has 3 N–H and O–H groups in total. The van der Waals surface area contributed by atoms with Crippen LogP contribution in [-0.4, -0.2) is 53.7 Å². The van der Waals surface area contributed by atoms with Crippen molar-refractivity contribution in [2.75, 3.05) is 13.2 Å². The lowest BCUT2D eigenvalue weighted by atomic mass is 9.89. The zero-order valence-corrected chi connectivity index (χ0v) is 14.2. The Morgan fingerprint density at radius 2 is 2.13 bits per heavy atom. The molecule has 4 atom stereocenters. The summed E-state index contributed by atoms with van der Waals surface area (Å²) in [6, 6.07) is -0.853. The van der Waals surface area contributed by atoms with Gasteiger partial charge in [0.25, 0.3) is 0 Å². The van der Waals surface area contributed by atoms with Gasteiger partial charge in [0.2, 0.25) is 0 Å². The quantitative estimate of drug-likeness (QED) is 0.641. The number of cyclic esters (lactones) is 1. The van der Waals surface area contributed by atoms with E-state index in [1.165, 1.54) is 0 Å². The molecule has 0 radical (unpaired) electrons. The van der Waals surface area contributed by atoms with Gasteiger partial charge in [-0.1, -0.05) is 20.3 Å². The number of aliphatic hydroxyl groups is 1. The molecule has 0 aromatic rings. The molecule has 1 saturated heterocycles. The summed E-state index contributed by atoms with van der Waals surface area (Å²) in [4.78, 5) is 23.0. The Labute approximate surface area is 137 Å². The molecule has 0 unspecified atom stereocenters. The van der Waals surface area contributed by atoms with Gasteiger partial charge in [0.1, 0.15) is 12.1 Å². The van der Waals surface area contributed by atoms with Crippen molar-refractivity contribution in [2.45, 2.75) is 64.7 Å². The maximum atomic E-state index is 12.2. The Balaban J connectivity index is 2.85. The third-order valence-corrected chi connectivity index (χ3v) is 4.00.